The molecule has 1 unspecified atom stereocenters. The Labute approximate surface area is 213 Å². The zero-order valence-electron chi connectivity index (χ0n) is 19.9. The molecule has 35 heavy (non-hydrogen) atoms. The molecule has 3 aromatic rings. The van der Waals surface area contributed by atoms with Crippen molar-refractivity contribution in [1.82, 2.24) is 0 Å². The van der Waals surface area contributed by atoms with E-state index in [-0.39, 0.29) is 24.3 Å². The maximum Gasteiger partial charge on any atom is 0.341 e. The Morgan fingerprint density at radius 2 is 1.86 bits per heavy atom. The Bertz CT molecular complexity index is 1230. The van der Waals surface area contributed by atoms with Gasteiger partial charge in [-0.1, -0.05) is 35.9 Å². The van der Waals surface area contributed by atoms with E-state index >= 15 is 0 Å². The molecule has 0 radical (unpaired) electrons. The van der Waals surface area contributed by atoms with Crippen molar-refractivity contribution in [2.75, 3.05) is 17.2 Å². The molecule has 2 amide bonds. The summed E-state index contributed by atoms with van der Waals surface area (Å²) in [5.74, 6) is -0.504. The monoisotopic (exact) mass is 508 g/mol. The lowest BCUT2D eigenvalue weighted by Crippen LogP contribution is -2.23. The zero-order chi connectivity index (χ0) is 24.9. The number of thioether (sulfide) groups is 1. The van der Waals surface area contributed by atoms with Gasteiger partial charge < -0.3 is 15.4 Å². The highest BCUT2D eigenvalue weighted by Gasteiger charge is 2.29. The average Bonchev–Trinajstić information content (AvgIpc) is 3.61. The van der Waals surface area contributed by atoms with Crippen LogP contribution in [0.3, 0.4) is 0 Å². The minimum Gasteiger partial charge on any atom is -0.462 e. The van der Waals surface area contributed by atoms with Gasteiger partial charge in [0.05, 0.1) is 11.9 Å². The van der Waals surface area contributed by atoms with E-state index in [1.807, 2.05) is 67.8 Å². The predicted octanol–water partition coefficient (Wildman–Crippen LogP) is 6.37. The summed E-state index contributed by atoms with van der Waals surface area (Å²) in [7, 11) is 0. The quantitative estimate of drug-likeness (QED) is 0.259. The van der Waals surface area contributed by atoms with Crippen molar-refractivity contribution < 1.29 is 19.1 Å². The third kappa shape index (κ3) is 6.32. The molecule has 2 N–H and O–H groups in total. The first-order valence-electron chi connectivity index (χ1n) is 11.6. The standard InChI is InChI=1S/C27H28N2O4S2/c1-4-33-27(32)23-22(18-10-8-16(2)9-11-18)15-34-26(23)29-24(30)17(3)35-21-7-5-6-20(14-21)28-25(31)19-12-13-19/h5-11,14-15,17,19H,4,12-13H2,1-3H3,(H,28,31)(H,29,30). The maximum absolute atomic E-state index is 13.1. The van der Waals surface area contributed by atoms with E-state index in [2.05, 4.69) is 10.6 Å². The van der Waals surface area contributed by atoms with E-state index in [4.69, 9.17) is 4.74 Å². The highest BCUT2D eigenvalue weighted by molar-refractivity contribution is 8.00. The number of carbonyl (C=O) groups is 3. The fourth-order valence-corrected chi connectivity index (χ4v) is 5.40. The highest BCUT2D eigenvalue weighted by Crippen LogP contribution is 2.37. The molecule has 0 saturated heterocycles. The van der Waals surface area contributed by atoms with Crippen molar-refractivity contribution in [1.29, 1.82) is 0 Å². The number of nitrogens with one attached hydrogen (secondary N) is 2. The molecule has 1 aromatic heterocycles. The molecule has 0 spiro atoms. The van der Waals surface area contributed by atoms with Crippen LogP contribution in [-0.2, 0) is 14.3 Å². The van der Waals surface area contributed by atoms with Crippen molar-refractivity contribution in [2.45, 2.75) is 43.8 Å². The highest BCUT2D eigenvalue weighted by atomic mass is 32.2. The van der Waals surface area contributed by atoms with Gasteiger partial charge >= 0.3 is 5.97 Å². The number of ether oxygens (including phenoxy) is 1. The van der Waals surface area contributed by atoms with Crippen molar-refractivity contribution >= 4 is 51.6 Å². The van der Waals surface area contributed by atoms with Gasteiger partial charge in [0.25, 0.3) is 0 Å². The van der Waals surface area contributed by atoms with E-state index in [1.165, 1.54) is 23.1 Å². The van der Waals surface area contributed by atoms with Gasteiger partial charge in [0, 0.05) is 27.4 Å². The van der Waals surface area contributed by atoms with E-state index in [0.717, 1.165) is 40.1 Å². The molecule has 1 saturated carbocycles. The van der Waals surface area contributed by atoms with Crippen LogP contribution in [0.2, 0.25) is 0 Å². The van der Waals surface area contributed by atoms with Crippen molar-refractivity contribution in [3.05, 3.63) is 65.0 Å². The molecule has 0 bridgehead atoms. The van der Waals surface area contributed by atoms with E-state index in [0.29, 0.717) is 10.6 Å². The molecule has 6 nitrogen and oxygen atoms in total. The summed E-state index contributed by atoms with van der Waals surface area (Å²) in [5, 5.41) is 7.79. The fraction of sp³-hybridized carbons (Fsp3) is 0.296. The fourth-order valence-electron chi connectivity index (χ4n) is 3.51. The summed E-state index contributed by atoms with van der Waals surface area (Å²) in [5.41, 5.74) is 3.85. The topological polar surface area (TPSA) is 84.5 Å². The molecule has 1 atom stereocenters. The van der Waals surface area contributed by atoms with Crippen LogP contribution in [0.15, 0.2) is 58.8 Å². The van der Waals surface area contributed by atoms with Gasteiger partial charge in [0.2, 0.25) is 11.8 Å². The van der Waals surface area contributed by atoms with Crippen LogP contribution in [0.25, 0.3) is 11.1 Å². The molecular weight excluding hydrogens is 480 g/mol. The number of anilines is 2. The van der Waals surface area contributed by atoms with Gasteiger partial charge in [-0.2, -0.15) is 0 Å². The molecule has 2 aromatic carbocycles. The van der Waals surface area contributed by atoms with Crippen LogP contribution in [0, 0.1) is 12.8 Å². The second-order valence-electron chi connectivity index (χ2n) is 8.48. The number of amides is 2. The Balaban J connectivity index is 1.48. The third-order valence-corrected chi connectivity index (χ3v) is 7.59. The molecule has 8 heteroatoms. The second-order valence-corrected chi connectivity index (χ2v) is 10.8. The minimum atomic E-state index is -0.459. The largest absolute Gasteiger partial charge is 0.462 e. The predicted molar refractivity (Wildman–Crippen MR) is 142 cm³/mol. The van der Waals surface area contributed by atoms with Gasteiger partial charge in [0.15, 0.2) is 0 Å². The summed E-state index contributed by atoms with van der Waals surface area (Å²) in [6.07, 6.45) is 1.89. The molecule has 1 aliphatic carbocycles. The molecule has 1 heterocycles. The van der Waals surface area contributed by atoms with Gasteiger partial charge in [-0.3, -0.25) is 9.59 Å². The van der Waals surface area contributed by atoms with Gasteiger partial charge in [-0.25, -0.2) is 4.79 Å². The number of hydrogen-bond donors (Lipinski definition) is 2. The van der Waals surface area contributed by atoms with Gasteiger partial charge in [0.1, 0.15) is 10.6 Å². The van der Waals surface area contributed by atoms with Crippen LogP contribution in [-0.4, -0.2) is 29.6 Å². The number of benzene rings is 2. The summed E-state index contributed by atoms with van der Waals surface area (Å²) >= 11 is 2.70. The first-order chi connectivity index (χ1) is 16.9. The lowest BCUT2D eigenvalue weighted by atomic mass is 10.0. The number of esters is 1. The van der Waals surface area contributed by atoms with Crippen LogP contribution in [0.5, 0.6) is 0 Å². The van der Waals surface area contributed by atoms with Crippen LogP contribution in [0.1, 0.15) is 42.6 Å². The lowest BCUT2D eigenvalue weighted by molar-refractivity contribution is -0.117. The van der Waals surface area contributed by atoms with Crippen LogP contribution < -0.4 is 10.6 Å². The third-order valence-electron chi connectivity index (χ3n) is 5.60. The van der Waals surface area contributed by atoms with Crippen molar-refractivity contribution in [3.63, 3.8) is 0 Å². The second kappa shape index (κ2) is 11.1. The molecule has 1 aliphatic rings. The number of hydrogen-bond acceptors (Lipinski definition) is 6. The molecule has 4 rings (SSSR count). The van der Waals surface area contributed by atoms with Crippen LogP contribution >= 0.6 is 23.1 Å². The number of carbonyl (C=O) groups excluding carboxylic acids is 3. The summed E-state index contributed by atoms with van der Waals surface area (Å²) in [6, 6.07) is 15.4. The van der Waals surface area contributed by atoms with Gasteiger partial charge in [-0.15, -0.1) is 23.1 Å². The number of thiophene rings is 1. The lowest BCUT2D eigenvalue weighted by Gasteiger charge is -2.14. The average molecular weight is 509 g/mol. The normalized spacial score (nSPS) is 13.7. The smallest absolute Gasteiger partial charge is 0.341 e. The minimum absolute atomic E-state index is 0.0477. The first kappa shape index (κ1) is 25.0. The first-order valence-corrected chi connectivity index (χ1v) is 13.4. The summed E-state index contributed by atoms with van der Waals surface area (Å²) in [6.45, 7) is 5.82. The van der Waals surface area contributed by atoms with Crippen molar-refractivity contribution in [2.24, 2.45) is 5.92 Å². The Kier molecular flexibility index (Phi) is 7.93. The Morgan fingerprint density at radius 1 is 1.11 bits per heavy atom. The SMILES string of the molecule is CCOC(=O)c1c(-c2ccc(C)cc2)csc1NC(=O)C(C)Sc1cccc(NC(=O)C2CC2)c1. The maximum atomic E-state index is 13.1. The van der Waals surface area contributed by atoms with Crippen molar-refractivity contribution in [3.8, 4) is 11.1 Å². The van der Waals surface area contributed by atoms with E-state index in [9.17, 15) is 14.4 Å². The molecular formula is C27H28N2O4S2. The molecule has 1 fully saturated rings. The van der Waals surface area contributed by atoms with Gasteiger partial charge in [-0.05, 0) is 57.4 Å². The number of rotatable bonds is 9. The zero-order valence-corrected chi connectivity index (χ0v) is 21.6. The number of aryl methyl sites for hydroxylation is 1. The molecule has 182 valence electrons. The summed E-state index contributed by atoms with van der Waals surface area (Å²) in [4.78, 5) is 38.8. The Morgan fingerprint density at radius 3 is 2.54 bits per heavy atom. The Hall–Kier alpha value is -3.10. The molecule has 0 aliphatic heterocycles. The van der Waals surface area contributed by atoms with Crippen LogP contribution in [0.4, 0.5) is 10.7 Å². The summed E-state index contributed by atoms with van der Waals surface area (Å²) < 4.78 is 5.29. The van der Waals surface area contributed by atoms with E-state index < -0.39 is 11.2 Å². The van der Waals surface area contributed by atoms with E-state index in [1.54, 1.807) is 6.92 Å².